The van der Waals surface area contributed by atoms with Crippen LogP contribution in [0.4, 0.5) is 4.79 Å². The van der Waals surface area contributed by atoms with E-state index in [4.69, 9.17) is 21.1 Å². The predicted molar refractivity (Wildman–Crippen MR) is 143 cm³/mol. The fourth-order valence-corrected chi connectivity index (χ4v) is 4.90. The number of benzene rings is 2. The molecule has 9 heteroatoms. The molecule has 1 aliphatic rings. The molecule has 5 rings (SSSR count). The third kappa shape index (κ3) is 5.20. The smallest absolute Gasteiger partial charge is 0.410 e. The third-order valence-electron chi connectivity index (χ3n) is 6.23. The lowest BCUT2D eigenvalue weighted by atomic mass is 10.1. The Bertz CT molecular complexity index is 1470. The van der Waals surface area contributed by atoms with Gasteiger partial charge in [-0.05, 0) is 76.1 Å². The summed E-state index contributed by atoms with van der Waals surface area (Å²) in [6, 6.07) is 18.3. The van der Waals surface area contributed by atoms with Crippen molar-refractivity contribution in [1.29, 1.82) is 0 Å². The molecule has 2 aromatic carbocycles. The Morgan fingerprint density at radius 2 is 1.73 bits per heavy atom. The summed E-state index contributed by atoms with van der Waals surface area (Å²) in [5.41, 5.74) is 1.01. The fourth-order valence-electron chi connectivity index (χ4n) is 4.66. The highest BCUT2D eigenvalue weighted by Crippen LogP contribution is 2.30. The Hall–Kier alpha value is -3.78. The molecule has 1 fully saturated rings. The van der Waals surface area contributed by atoms with Crippen LogP contribution in [0.3, 0.4) is 0 Å². The molecule has 0 spiro atoms. The molecular weight excluding hydrogens is 492 g/mol. The van der Waals surface area contributed by atoms with Crippen LogP contribution in [0, 0.1) is 0 Å². The lowest BCUT2D eigenvalue weighted by Gasteiger charge is -2.34. The van der Waals surface area contributed by atoms with Gasteiger partial charge >= 0.3 is 11.8 Å². The number of nitrogens with zero attached hydrogens (tertiary/aromatic N) is 4. The number of likely N-dealkylation sites (tertiary alicyclic amines) is 1. The number of para-hydroxylation sites is 1. The molecule has 4 aromatic rings. The van der Waals surface area contributed by atoms with Gasteiger partial charge in [-0.2, -0.15) is 0 Å². The van der Waals surface area contributed by atoms with Crippen molar-refractivity contribution >= 4 is 28.7 Å². The molecule has 0 N–H and O–H groups in total. The summed E-state index contributed by atoms with van der Waals surface area (Å²) in [6.45, 7) is 6.49. The zero-order valence-corrected chi connectivity index (χ0v) is 21.8. The lowest BCUT2D eigenvalue weighted by Crippen LogP contribution is -2.45. The second kappa shape index (κ2) is 9.94. The molecule has 1 aliphatic heterocycles. The van der Waals surface area contributed by atoms with Crippen LogP contribution in [0.1, 0.15) is 39.7 Å². The summed E-state index contributed by atoms with van der Waals surface area (Å²) in [6.07, 6.45) is 2.73. The van der Waals surface area contributed by atoms with Gasteiger partial charge in [-0.25, -0.2) is 14.6 Å². The van der Waals surface area contributed by atoms with E-state index in [1.165, 1.54) is 0 Å². The molecule has 37 heavy (non-hydrogen) atoms. The molecule has 3 heterocycles. The zero-order valence-electron chi connectivity index (χ0n) is 21.1. The van der Waals surface area contributed by atoms with Crippen molar-refractivity contribution in [1.82, 2.24) is 19.0 Å². The van der Waals surface area contributed by atoms with Gasteiger partial charge in [0.1, 0.15) is 22.6 Å². The summed E-state index contributed by atoms with van der Waals surface area (Å²) < 4.78 is 14.8. The van der Waals surface area contributed by atoms with E-state index in [9.17, 15) is 9.59 Å². The Kier molecular flexibility index (Phi) is 6.69. The van der Waals surface area contributed by atoms with E-state index in [0.29, 0.717) is 35.6 Å². The number of ether oxygens (including phenoxy) is 2. The highest BCUT2D eigenvalue weighted by molar-refractivity contribution is 6.33. The van der Waals surface area contributed by atoms with Crippen molar-refractivity contribution in [2.75, 3.05) is 13.1 Å². The van der Waals surface area contributed by atoms with E-state index in [1.807, 2.05) is 75.4 Å². The molecule has 192 valence electrons. The number of halogens is 1. The molecule has 0 saturated carbocycles. The number of amides is 1. The molecular formula is C28H29ClN4O4. The lowest BCUT2D eigenvalue weighted by molar-refractivity contribution is 0.0173. The maximum absolute atomic E-state index is 13.9. The summed E-state index contributed by atoms with van der Waals surface area (Å²) >= 11 is 6.53. The first kappa shape index (κ1) is 24.9. The number of rotatable bonds is 4. The summed E-state index contributed by atoms with van der Waals surface area (Å²) in [7, 11) is 0. The SMILES string of the molecule is CC(C)(C)OC(=O)N1CCC[C@@H](n2c(=O)n(-c3ccc(Oc4ccccc4)cc3)c3c(Cl)nccc32)C1. The first-order valence-corrected chi connectivity index (χ1v) is 12.7. The summed E-state index contributed by atoms with van der Waals surface area (Å²) in [4.78, 5) is 32.6. The van der Waals surface area contributed by atoms with Gasteiger partial charge in [0.2, 0.25) is 0 Å². The predicted octanol–water partition coefficient (Wildman–Crippen LogP) is 6.20. The van der Waals surface area contributed by atoms with Gasteiger partial charge in [0.25, 0.3) is 0 Å². The fraction of sp³-hybridized carbons (Fsp3) is 0.321. The van der Waals surface area contributed by atoms with Crippen LogP contribution in [-0.2, 0) is 4.74 Å². The zero-order chi connectivity index (χ0) is 26.2. The Morgan fingerprint density at radius 1 is 1.03 bits per heavy atom. The van der Waals surface area contributed by atoms with Crippen molar-refractivity contribution in [3.8, 4) is 17.2 Å². The first-order valence-electron chi connectivity index (χ1n) is 12.3. The number of carbonyl (C=O) groups is 1. The van der Waals surface area contributed by atoms with E-state index in [0.717, 1.165) is 18.6 Å². The van der Waals surface area contributed by atoms with Crippen LogP contribution < -0.4 is 10.4 Å². The second-order valence-electron chi connectivity index (χ2n) is 10.1. The summed E-state index contributed by atoms with van der Waals surface area (Å²) in [5.74, 6) is 1.37. The van der Waals surface area contributed by atoms with Crippen LogP contribution in [-0.4, -0.2) is 43.8 Å². The average Bonchev–Trinajstić information content (AvgIpc) is 3.17. The van der Waals surface area contributed by atoms with Crippen LogP contribution in [0.15, 0.2) is 71.7 Å². The first-order chi connectivity index (χ1) is 17.7. The van der Waals surface area contributed by atoms with Crippen LogP contribution in [0.5, 0.6) is 11.5 Å². The number of pyridine rings is 1. The molecule has 0 radical (unpaired) electrons. The number of fused-ring (bicyclic) bond motifs is 1. The quantitative estimate of drug-likeness (QED) is 0.299. The topological polar surface area (TPSA) is 78.6 Å². The Labute approximate surface area is 220 Å². The van der Waals surface area contributed by atoms with E-state index in [1.54, 1.807) is 26.3 Å². The number of carbonyl (C=O) groups excluding carboxylic acids is 1. The standard InChI is InChI=1S/C28H29ClN4O4/c1-28(2,3)37-27(35)31-17-7-8-20(18-31)32-23-15-16-30-25(29)24(23)33(26(32)34)19-11-13-22(14-12-19)36-21-9-5-4-6-10-21/h4-6,9-16,20H,7-8,17-18H2,1-3H3/t20-/m1/s1. The van der Waals surface area contributed by atoms with Gasteiger partial charge in [0.05, 0.1) is 17.2 Å². The van der Waals surface area contributed by atoms with Crippen LogP contribution >= 0.6 is 11.6 Å². The molecule has 8 nitrogen and oxygen atoms in total. The molecule has 2 aromatic heterocycles. The van der Waals surface area contributed by atoms with Gasteiger partial charge in [-0.1, -0.05) is 29.8 Å². The van der Waals surface area contributed by atoms with Crippen molar-refractivity contribution in [2.24, 2.45) is 0 Å². The van der Waals surface area contributed by atoms with Crippen molar-refractivity contribution in [3.63, 3.8) is 0 Å². The number of hydrogen-bond donors (Lipinski definition) is 0. The minimum atomic E-state index is -0.591. The van der Waals surface area contributed by atoms with Gasteiger partial charge in [0, 0.05) is 19.3 Å². The van der Waals surface area contributed by atoms with Crippen LogP contribution in [0.2, 0.25) is 5.15 Å². The highest BCUT2D eigenvalue weighted by Gasteiger charge is 2.31. The van der Waals surface area contributed by atoms with Crippen LogP contribution in [0.25, 0.3) is 16.7 Å². The Morgan fingerprint density at radius 3 is 2.43 bits per heavy atom. The molecule has 1 amide bonds. The van der Waals surface area contributed by atoms with Crippen molar-refractivity contribution in [2.45, 2.75) is 45.3 Å². The molecule has 1 saturated heterocycles. The van der Waals surface area contributed by atoms with Gasteiger partial charge in [0.15, 0.2) is 5.15 Å². The van der Waals surface area contributed by atoms with Gasteiger partial charge < -0.3 is 14.4 Å². The number of hydrogen-bond acceptors (Lipinski definition) is 5. The summed E-state index contributed by atoms with van der Waals surface area (Å²) in [5, 5.41) is 0.234. The minimum Gasteiger partial charge on any atom is -0.457 e. The number of aromatic nitrogens is 3. The average molecular weight is 521 g/mol. The normalized spacial score (nSPS) is 16.1. The van der Waals surface area contributed by atoms with Gasteiger partial charge in [-0.3, -0.25) is 9.13 Å². The van der Waals surface area contributed by atoms with E-state index < -0.39 is 5.60 Å². The molecule has 0 aliphatic carbocycles. The largest absolute Gasteiger partial charge is 0.457 e. The molecule has 0 bridgehead atoms. The van der Waals surface area contributed by atoms with Crippen molar-refractivity contribution in [3.05, 3.63) is 82.5 Å². The second-order valence-corrected chi connectivity index (χ2v) is 10.4. The van der Waals surface area contributed by atoms with E-state index in [-0.39, 0.29) is 23.0 Å². The third-order valence-corrected chi connectivity index (χ3v) is 6.50. The molecule has 1 atom stereocenters. The highest BCUT2D eigenvalue weighted by atomic mass is 35.5. The maximum Gasteiger partial charge on any atom is 0.410 e. The Balaban J connectivity index is 1.50. The maximum atomic E-state index is 13.9. The number of imidazole rings is 1. The number of piperidine rings is 1. The monoisotopic (exact) mass is 520 g/mol. The molecule has 0 unspecified atom stereocenters. The van der Waals surface area contributed by atoms with E-state index in [2.05, 4.69) is 4.98 Å². The van der Waals surface area contributed by atoms with E-state index >= 15 is 0 Å². The van der Waals surface area contributed by atoms with Crippen molar-refractivity contribution < 1.29 is 14.3 Å². The van der Waals surface area contributed by atoms with Gasteiger partial charge in [-0.15, -0.1) is 0 Å². The minimum absolute atomic E-state index is 0.225.